The van der Waals surface area contributed by atoms with E-state index in [0.717, 1.165) is 19.3 Å². The van der Waals surface area contributed by atoms with E-state index in [1.54, 1.807) is 50.0 Å². The molecule has 7 atom stereocenters. The van der Waals surface area contributed by atoms with Gasteiger partial charge in [-0.05, 0) is 55.6 Å². The normalized spacial score (nSPS) is 18.8. The number of carboxylic acids is 1. The van der Waals surface area contributed by atoms with E-state index in [-0.39, 0.29) is 54.4 Å². The quantitative estimate of drug-likeness (QED) is 0.126. The number of allylic oxidation sites excluding steroid dienone is 3. The Labute approximate surface area is 294 Å². The van der Waals surface area contributed by atoms with Crippen LogP contribution in [0.2, 0.25) is 0 Å². The van der Waals surface area contributed by atoms with Gasteiger partial charge in [0.15, 0.2) is 0 Å². The Bertz CT molecular complexity index is 1220. The van der Waals surface area contributed by atoms with Crippen LogP contribution in [0.25, 0.3) is 0 Å². The van der Waals surface area contributed by atoms with Crippen molar-refractivity contribution in [3.05, 3.63) is 23.8 Å². The van der Waals surface area contributed by atoms with E-state index >= 15 is 0 Å². The van der Waals surface area contributed by atoms with E-state index in [2.05, 4.69) is 16.6 Å². The zero-order valence-electron chi connectivity index (χ0n) is 31.5. The molecular weight excluding hydrogens is 624 g/mol. The maximum atomic E-state index is 13.9. The lowest BCUT2D eigenvalue weighted by atomic mass is 9.89. The highest BCUT2D eigenvalue weighted by Gasteiger charge is 2.40. The zero-order chi connectivity index (χ0) is 37.4. The minimum atomic E-state index is -1.14. The summed E-state index contributed by atoms with van der Waals surface area (Å²) in [7, 11) is 3.26. The molecule has 1 aliphatic heterocycles. The number of methoxy groups -OCH3 is 1. The zero-order valence-corrected chi connectivity index (χ0v) is 31.5. The van der Waals surface area contributed by atoms with Crippen LogP contribution in [0.15, 0.2) is 23.8 Å². The van der Waals surface area contributed by atoms with E-state index in [1.165, 1.54) is 6.08 Å². The van der Waals surface area contributed by atoms with Gasteiger partial charge in [0.1, 0.15) is 12.1 Å². The molecule has 0 bridgehead atoms. The van der Waals surface area contributed by atoms with Crippen molar-refractivity contribution >= 4 is 29.6 Å². The van der Waals surface area contributed by atoms with Crippen molar-refractivity contribution in [3.63, 3.8) is 0 Å². The Kier molecular flexibility index (Phi) is 19.0. The second kappa shape index (κ2) is 21.4. The first-order chi connectivity index (χ1) is 23.0. The third-order valence-electron chi connectivity index (χ3n) is 9.51. The van der Waals surface area contributed by atoms with Gasteiger partial charge in [0.05, 0.1) is 18.6 Å². The van der Waals surface area contributed by atoms with Gasteiger partial charge < -0.3 is 30.3 Å². The number of aliphatic carboxylic acids is 1. The van der Waals surface area contributed by atoms with E-state index in [4.69, 9.17) is 11.2 Å². The van der Waals surface area contributed by atoms with Crippen LogP contribution < -0.4 is 10.6 Å². The Morgan fingerprint density at radius 3 is 2.22 bits per heavy atom. The predicted octanol–water partition coefficient (Wildman–Crippen LogP) is 4.56. The number of likely N-dealkylation sites (N-methyl/N-ethyl adjacent to an activating group) is 1. The fourth-order valence-electron chi connectivity index (χ4n) is 6.47. The van der Waals surface area contributed by atoms with Crippen LogP contribution in [0.4, 0.5) is 0 Å². The molecule has 11 heteroatoms. The maximum Gasteiger partial charge on any atom is 0.326 e. The molecule has 0 saturated carbocycles. The SMILES string of the molecule is C#C/C=C\C(=C/C)C[C@H](NC(=O)[C@H](C)C[C@@H]1CCCN1C(=O)C[C@@H](OC)[C@H]([C@@H](C)CC)N(C)C(=O)[C@@H](NC(=O)CC(C)C)C(C)C)C(=O)O. The van der Waals surface area contributed by atoms with Gasteiger partial charge in [-0.15, -0.1) is 6.42 Å². The fraction of sp³-hybridized carbons (Fsp3) is 0.711. The van der Waals surface area contributed by atoms with Crippen LogP contribution >= 0.6 is 0 Å². The summed E-state index contributed by atoms with van der Waals surface area (Å²) in [6.45, 7) is 15.8. The molecule has 0 aromatic carbocycles. The minimum Gasteiger partial charge on any atom is -0.480 e. The number of terminal acetylenes is 1. The summed E-state index contributed by atoms with van der Waals surface area (Å²) >= 11 is 0. The highest BCUT2D eigenvalue weighted by Crippen LogP contribution is 2.28. The van der Waals surface area contributed by atoms with Gasteiger partial charge >= 0.3 is 5.97 Å². The summed E-state index contributed by atoms with van der Waals surface area (Å²) in [5, 5.41) is 15.4. The van der Waals surface area contributed by atoms with Crippen molar-refractivity contribution in [1.82, 2.24) is 20.4 Å². The number of amides is 4. The van der Waals surface area contributed by atoms with Gasteiger partial charge in [0.2, 0.25) is 23.6 Å². The van der Waals surface area contributed by atoms with Crippen LogP contribution in [-0.4, -0.2) is 95.5 Å². The molecule has 0 aliphatic carbocycles. The van der Waals surface area contributed by atoms with Gasteiger partial charge in [-0.2, -0.15) is 0 Å². The molecule has 0 aromatic heterocycles. The topological polar surface area (TPSA) is 145 Å². The van der Waals surface area contributed by atoms with E-state index < -0.39 is 42.0 Å². The second-order valence-corrected chi connectivity index (χ2v) is 14.2. The lowest BCUT2D eigenvalue weighted by Crippen LogP contribution is -2.57. The summed E-state index contributed by atoms with van der Waals surface area (Å²) in [5.41, 5.74) is 0.692. The maximum absolute atomic E-state index is 13.9. The van der Waals surface area contributed by atoms with Crippen LogP contribution in [0.1, 0.15) is 100 Å². The molecule has 0 unspecified atom stereocenters. The van der Waals surface area contributed by atoms with Crippen LogP contribution in [-0.2, 0) is 28.7 Å². The van der Waals surface area contributed by atoms with E-state index in [1.807, 2.05) is 41.5 Å². The van der Waals surface area contributed by atoms with Crippen molar-refractivity contribution in [2.24, 2.45) is 23.7 Å². The molecule has 4 amide bonds. The first-order valence-corrected chi connectivity index (χ1v) is 17.7. The van der Waals surface area contributed by atoms with Gasteiger partial charge in [-0.25, -0.2) is 4.79 Å². The van der Waals surface area contributed by atoms with Gasteiger partial charge in [0, 0.05) is 45.5 Å². The summed E-state index contributed by atoms with van der Waals surface area (Å²) in [4.78, 5) is 68.9. The molecule has 1 heterocycles. The lowest BCUT2D eigenvalue weighted by molar-refractivity contribution is -0.146. The van der Waals surface area contributed by atoms with Gasteiger partial charge in [0.25, 0.3) is 0 Å². The average Bonchev–Trinajstić information content (AvgIpc) is 3.51. The molecule has 276 valence electrons. The molecule has 11 nitrogen and oxygen atoms in total. The average molecular weight is 687 g/mol. The number of nitrogens with one attached hydrogen (secondary N) is 2. The molecule has 0 radical (unpaired) electrons. The van der Waals surface area contributed by atoms with Crippen LogP contribution in [0, 0.1) is 36.0 Å². The monoisotopic (exact) mass is 686 g/mol. The number of likely N-dealkylation sites (tertiary alicyclic amines) is 1. The second-order valence-electron chi connectivity index (χ2n) is 14.2. The predicted molar refractivity (Wildman–Crippen MR) is 192 cm³/mol. The van der Waals surface area contributed by atoms with Crippen LogP contribution in [0.5, 0.6) is 0 Å². The van der Waals surface area contributed by atoms with Crippen molar-refractivity contribution in [2.45, 2.75) is 131 Å². The molecule has 1 rings (SSSR count). The van der Waals surface area contributed by atoms with Crippen molar-refractivity contribution in [1.29, 1.82) is 0 Å². The minimum absolute atomic E-state index is 0.00344. The molecule has 49 heavy (non-hydrogen) atoms. The third-order valence-corrected chi connectivity index (χ3v) is 9.51. The van der Waals surface area contributed by atoms with Crippen LogP contribution in [0.3, 0.4) is 0 Å². The standard InChI is InChI=1S/C38H62N4O7/c1-12-15-17-28(14-3)22-30(38(47)48)39-36(45)27(9)21-29-18-16-19-42(29)33(44)23-31(49-11)35(26(8)13-2)41(10)37(46)34(25(6)7)40-32(43)20-24(4)5/h1,14-15,17,24-27,29-31,34-35H,13,16,18-23H2,2-11H3,(H,39,45)(H,40,43)(H,47,48)/b17-15-,28-14+/t26-,27+,29-,30-,31+,34-,35-/m0/s1. The molecule has 1 aliphatic rings. The highest BCUT2D eigenvalue weighted by molar-refractivity contribution is 5.88. The summed E-state index contributed by atoms with van der Waals surface area (Å²) < 4.78 is 5.93. The summed E-state index contributed by atoms with van der Waals surface area (Å²) in [6, 6.07) is -2.45. The fourth-order valence-corrected chi connectivity index (χ4v) is 6.47. The Morgan fingerprint density at radius 1 is 1.06 bits per heavy atom. The lowest BCUT2D eigenvalue weighted by Gasteiger charge is -2.40. The summed E-state index contributed by atoms with van der Waals surface area (Å²) in [6.07, 6.45) is 12.7. The van der Waals surface area contributed by atoms with E-state index in [0.29, 0.717) is 25.0 Å². The van der Waals surface area contributed by atoms with Crippen molar-refractivity contribution in [2.75, 3.05) is 20.7 Å². The number of carboxylic acid groups (broad SMARTS) is 1. The molecule has 0 aromatic rings. The summed E-state index contributed by atoms with van der Waals surface area (Å²) in [5.74, 6) is -0.200. The number of hydrogen-bond donors (Lipinski definition) is 3. The van der Waals surface area contributed by atoms with Crippen molar-refractivity contribution < 1.29 is 33.8 Å². The number of rotatable bonds is 20. The molecule has 1 saturated heterocycles. The van der Waals surface area contributed by atoms with E-state index in [9.17, 15) is 29.1 Å². The van der Waals surface area contributed by atoms with Gasteiger partial charge in [-0.1, -0.05) is 73.0 Å². The third kappa shape index (κ3) is 13.6. The highest BCUT2D eigenvalue weighted by atomic mass is 16.5. The number of carbonyl (C=O) groups excluding carboxylic acids is 4. The number of nitrogens with zero attached hydrogens (tertiary/aromatic N) is 2. The van der Waals surface area contributed by atoms with Gasteiger partial charge in [-0.3, -0.25) is 19.2 Å². The van der Waals surface area contributed by atoms with Crippen molar-refractivity contribution in [3.8, 4) is 12.3 Å². The smallest absolute Gasteiger partial charge is 0.326 e. The first kappa shape index (κ1) is 43.4. The number of carbonyl (C=O) groups is 5. The molecule has 1 fully saturated rings. The first-order valence-electron chi connectivity index (χ1n) is 17.7. The molecule has 3 N–H and O–H groups in total. The molecule has 0 spiro atoms. The Morgan fingerprint density at radius 2 is 1.71 bits per heavy atom. The largest absolute Gasteiger partial charge is 0.480 e. The number of hydrogen-bond acceptors (Lipinski definition) is 6. The Hall–Kier alpha value is -3.65. The molecular formula is C38H62N4O7. The Balaban J connectivity index is 3.09. The number of ether oxygens (including phenoxy) is 1.